The third-order valence-corrected chi connectivity index (χ3v) is 4.80. The predicted molar refractivity (Wildman–Crippen MR) is 97.6 cm³/mol. The Morgan fingerprint density at radius 2 is 2.23 bits per heavy atom. The molecule has 1 aliphatic heterocycles. The van der Waals surface area contributed by atoms with Crippen LogP contribution < -0.4 is 5.32 Å². The topological polar surface area (TPSA) is 70.4 Å². The maximum absolute atomic E-state index is 13.2. The summed E-state index contributed by atoms with van der Waals surface area (Å²) in [7, 11) is 0. The van der Waals surface area contributed by atoms with Crippen LogP contribution in [0, 0.1) is 11.7 Å². The van der Waals surface area contributed by atoms with E-state index in [0.717, 1.165) is 24.2 Å². The van der Waals surface area contributed by atoms with Crippen molar-refractivity contribution in [3.05, 3.63) is 46.5 Å². The van der Waals surface area contributed by atoms with E-state index < -0.39 is 5.82 Å². The molecule has 1 aromatic carbocycles. The van der Waals surface area contributed by atoms with Crippen LogP contribution in [0.3, 0.4) is 0 Å². The van der Waals surface area contributed by atoms with Crippen LogP contribution in [-0.4, -0.2) is 39.0 Å². The highest BCUT2D eigenvalue weighted by atomic mass is 35.5. The molecule has 1 aromatic heterocycles. The molecular weight excluding hydrogens is 359 g/mol. The molecular formula is C18H22ClFN4O2. The third kappa shape index (κ3) is 4.34. The van der Waals surface area contributed by atoms with Crippen LogP contribution in [0.2, 0.25) is 5.02 Å². The van der Waals surface area contributed by atoms with Crippen molar-refractivity contribution in [3.63, 3.8) is 0 Å². The second-order valence-electron chi connectivity index (χ2n) is 6.66. The van der Waals surface area contributed by atoms with Crippen molar-refractivity contribution in [3.8, 4) is 0 Å². The van der Waals surface area contributed by atoms with Gasteiger partial charge in [0, 0.05) is 18.8 Å². The molecule has 26 heavy (non-hydrogen) atoms. The molecule has 1 aliphatic rings. The van der Waals surface area contributed by atoms with Crippen molar-refractivity contribution in [1.82, 2.24) is 14.7 Å². The van der Waals surface area contributed by atoms with Gasteiger partial charge in [-0.1, -0.05) is 18.5 Å². The summed E-state index contributed by atoms with van der Waals surface area (Å²) in [6, 6.07) is 5.86. The van der Waals surface area contributed by atoms with Crippen molar-refractivity contribution in [1.29, 1.82) is 0 Å². The molecule has 1 atom stereocenters. The Morgan fingerprint density at radius 3 is 2.96 bits per heavy atom. The van der Waals surface area contributed by atoms with Crippen LogP contribution in [0.1, 0.15) is 24.7 Å². The van der Waals surface area contributed by atoms with Gasteiger partial charge in [0.05, 0.1) is 29.5 Å². The molecule has 8 heteroatoms. The van der Waals surface area contributed by atoms with E-state index in [-0.39, 0.29) is 23.6 Å². The summed E-state index contributed by atoms with van der Waals surface area (Å²) in [6.45, 7) is 3.81. The molecule has 140 valence electrons. The summed E-state index contributed by atoms with van der Waals surface area (Å²) in [4.78, 5) is 14.1. The molecule has 0 saturated carbocycles. The fourth-order valence-electron chi connectivity index (χ4n) is 2.88. The number of halogens is 2. The number of aliphatic hydroxyl groups is 1. The Balaban J connectivity index is 1.61. The van der Waals surface area contributed by atoms with E-state index in [1.165, 1.54) is 18.2 Å². The van der Waals surface area contributed by atoms with Gasteiger partial charge in [0.15, 0.2) is 0 Å². The van der Waals surface area contributed by atoms with Crippen LogP contribution in [-0.2, 0) is 19.5 Å². The molecule has 2 N–H and O–H groups in total. The van der Waals surface area contributed by atoms with Gasteiger partial charge in [-0.25, -0.2) is 9.18 Å². The molecule has 0 bridgehead atoms. The lowest BCUT2D eigenvalue weighted by Crippen LogP contribution is -2.40. The minimum absolute atomic E-state index is 0.0266. The van der Waals surface area contributed by atoms with Crippen LogP contribution in [0.25, 0.3) is 0 Å². The van der Waals surface area contributed by atoms with Gasteiger partial charge in [-0.15, -0.1) is 0 Å². The minimum Gasteiger partial charge on any atom is -0.396 e. The Labute approximate surface area is 156 Å². The molecule has 0 aliphatic carbocycles. The first-order valence-electron chi connectivity index (χ1n) is 8.63. The fraction of sp³-hybridized carbons (Fsp3) is 0.444. The average molecular weight is 381 g/mol. The molecule has 0 spiro atoms. The zero-order chi connectivity index (χ0) is 18.7. The second-order valence-corrected chi connectivity index (χ2v) is 7.06. The Hall–Kier alpha value is -2.12. The van der Waals surface area contributed by atoms with Crippen LogP contribution in [0.15, 0.2) is 24.3 Å². The number of carbonyl (C=O) groups excluding carboxylic acids is 1. The number of aromatic nitrogens is 2. The monoisotopic (exact) mass is 380 g/mol. The minimum atomic E-state index is -0.519. The van der Waals surface area contributed by atoms with E-state index in [4.69, 9.17) is 16.7 Å². The first kappa shape index (κ1) is 18.7. The lowest BCUT2D eigenvalue weighted by Gasteiger charge is -2.27. The van der Waals surface area contributed by atoms with Gasteiger partial charge < -0.3 is 15.3 Å². The molecule has 0 radical (unpaired) electrons. The summed E-state index contributed by atoms with van der Waals surface area (Å²) < 4.78 is 15.1. The Kier molecular flexibility index (Phi) is 5.78. The van der Waals surface area contributed by atoms with Crippen LogP contribution in [0.5, 0.6) is 0 Å². The number of hydrogen-bond donors (Lipinski definition) is 2. The van der Waals surface area contributed by atoms with Gasteiger partial charge in [-0.05, 0) is 43.0 Å². The van der Waals surface area contributed by atoms with E-state index in [9.17, 15) is 9.18 Å². The number of fused-ring (bicyclic) bond motifs is 1. The lowest BCUT2D eigenvalue weighted by atomic mass is 10.1. The number of hydrogen-bond acceptors (Lipinski definition) is 3. The first-order valence-corrected chi connectivity index (χ1v) is 9.01. The molecule has 2 heterocycles. The maximum Gasteiger partial charge on any atom is 0.322 e. The number of carbonyl (C=O) groups is 1. The largest absolute Gasteiger partial charge is 0.396 e. The van der Waals surface area contributed by atoms with Gasteiger partial charge in [0.1, 0.15) is 5.82 Å². The molecule has 3 rings (SSSR count). The van der Waals surface area contributed by atoms with E-state index in [1.54, 1.807) is 4.90 Å². The van der Waals surface area contributed by atoms with Crippen molar-refractivity contribution >= 4 is 23.3 Å². The standard InChI is InChI=1S/C18H22ClFN4O2/c1-12(11-25)2-3-14-8-15-10-23(6-7-24(15)22-14)18(26)21-13-4-5-17(20)16(19)9-13/h4-5,8-9,12,25H,2-3,6-7,10-11H2,1H3,(H,21,26). The van der Waals surface area contributed by atoms with Crippen molar-refractivity contribution < 1.29 is 14.3 Å². The van der Waals surface area contributed by atoms with E-state index in [2.05, 4.69) is 10.4 Å². The zero-order valence-corrected chi connectivity index (χ0v) is 15.3. The number of rotatable bonds is 5. The normalized spacial score (nSPS) is 14.8. The summed E-state index contributed by atoms with van der Waals surface area (Å²) in [6.07, 6.45) is 1.69. The number of aryl methyl sites for hydroxylation is 1. The van der Waals surface area contributed by atoms with Gasteiger partial charge in [-0.3, -0.25) is 4.68 Å². The number of aliphatic hydroxyl groups excluding tert-OH is 1. The number of nitrogens with zero attached hydrogens (tertiary/aromatic N) is 3. The molecule has 1 unspecified atom stereocenters. The van der Waals surface area contributed by atoms with Crippen molar-refractivity contribution in [2.75, 3.05) is 18.5 Å². The lowest BCUT2D eigenvalue weighted by molar-refractivity contribution is 0.194. The smallest absolute Gasteiger partial charge is 0.322 e. The number of amides is 2. The predicted octanol–water partition coefficient (Wildman–Crippen LogP) is 3.28. The number of benzene rings is 1. The van der Waals surface area contributed by atoms with Crippen LogP contribution >= 0.6 is 11.6 Å². The zero-order valence-electron chi connectivity index (χ0n) is 14.6. The first-order chi connectivity index (χ1) is 12.5. The van der Waals surface area contributed by atoms with E-state index in [0.29, 0.717) is 25.3 Å². The fourth-order valence-corrected chi connectivity index (χ4v) is 3.06. The second kappa shape index (κ2) is 8.05. The molecule has 2 aromatic rings. The van der Waals surface area contributed by atoms with Gasteiger partial charge in [0.2, 0.25) is 0 Å². The molecule has 0 saturated heterocycles. The number of urea groups is 1. The quantitative estimate of drug-likeness (QED) is 0.836. The van der Waals surface area contributed by atoms with Gasteiger partial charge in [0.25, 0.3) is 0 Å². The summed E-state index contributed by atoms with van der Waals surface area (Å²) in [5.74, 6) is -0.270. The molecule has 2 amide bonds. The third-order valence-electron chi connectivity index (χ3n) is 4.51. The summed E-state index contributed by atoms with van der Waals surface area (Å²) in [5.41, 5.74) is 2.42. The summed E-state index contributed by atoms with van der Waals surface area (Å²) in [5, 5.41) is 16.4. The SMILES string of the molecule is CC(CO)CCc1cc2n(n1)CCN(C(=O)Nc1ccc(F)c(Cl)c1)C2. The van der Waals surface area contributed by atoms with Gasteiger partial charge in [-0.2, -0.15) is 5.10 Å². The Morgan fingerprint density at radius 1 is 1.42 bits per heavy atom. The van der Waals surface area contributed by atoms with Crippen molar-refractivity contribution in [2.45, 2.75) is 32.9 Å². The van der Waals surface area contributed by atoms with Crippen molar-refractivity contribution in [2.24, 2.45) is 5.92 Å². The summed E-state index contributed by atoms with van der Waals surface area (Å²) >= 11 is 5.75. The van der Waals surface area contributed by atoms with Gasteiger partial charge >= 0.3 is 6.03 Å². The highest BCUT2D eigenvalue weighted by Gasteiger charge is 2.22. The maximum atomic E-state index is 13.2. The highest BCUT2D eigenvalue weighted by Crippen LogP contribution is 2.21. The highest BCUT2D eigenvalue weighted by molar-refractivity contribution is 6.31. The number of anilines is 1. The average Bonchev–Trinajstić information content (AvgIpc) is 3.04. The number of nitrogens with one attached hydrogen (secondary N) is 1. The van der Waals surface area contributed by atoms with E-state index >= 15 is 0 Å². The van der Waals surface area contributed by atoms with E-state index in [1.807, 2.05) is 17.7 Å². The molecule has 0 fully saturated rings. The Bertz CT molecular complexity index is 795. The molecule has 6 nitrogen and oxygen atoms in total. The van der Waals surface area contributed by atoms with Crippen LogP contribution in [0.4, 0.5) is 14.9 Å².